The molecule has 0 amide bonds. The molecular weight excluding hydrogens is 338 g/mol. The average Bonchev–Trinajstić information content (AvgIpc) is 2.98. The van der Waals surface area contributed by atoms with E-state index in [9.17, 15) is 9.59 Å². The highest BCUT2D eigenvalue weighted by atomic mass is 79.9. The van der Waals surface area contributed by atoms with E-state index in [1.165, 1.54) is 0 Å². The van der Waals surface area contributed by atoms with Gasteiger partial charge < -0.3 is 14.5 Å². The number of carbonyl (C=O) groups is 1. The molecule has 1 atom stereocenters. The lowest BCUT2D eigenvalue weighted by molar-refractivity contribution is 0.102. The van der Waals surface area contributed by atoms with E-state index < -0.39 is 5.63 Å². The Hall–Kier alpha value is -1.66. The molecule has 0 saturated carbocycles. The number of benzene rings is 1. The maximum atomic E-state index is 11.8. The number of hydrogen-bond donors (Lipinski definition) is 1. The van der Waals surface area contributed by atoms with Gasteiger partial charge >= 0.3 is 5.63 Å². The second-order valence-corrected chi connectivity index (χ2v) is 5.50. The van der Waals surface area contributed by atoms with Crippen molar-refractivity contribution in [2.75, 3.05) is 18.4 Å². The van der Waals surface area contributed by atoms with Crippen molar-refractivity contribution in [1.29, 1.82) is 0 Å². The Morgan fingerprint density at radius 1 is 1.43 bits per heavy atom. The Morgan fingerprint density at radius 2 is 2.29 bits per heavy atom. The third-order valence-electron chi connectivity index (χ3n) is 3.45. The second-order valence-electron chi connectivity index (χ2n) is 4.94. The first-order valence-electron chi connectivity index (χ1n) is 6.72. The van der Waals surface area contributed by atoms with Crippen molar-refractivity contribution in [3.63, 3.8) is 0 Å². The van der Waals surface area contributed by atoms with Gasteiger partial charge in [-0.15, -0.1) is 0 Å². The molecule has 1 unspecified atom stereocenters. The van der Waals surface area contributed by atoms with Crippen LogP contribution in [0, 0.1) is 0 Å². The summed E-state index contributed by atoms with van der Waals surface area (Å²) in [4.78, 5) is 23.5. The van der Waals surface area contributed by atoms with Crippen LogP contribution in [-0.2, 0) is 0 Å². The van der Waals surface area contributed by atoms with Gasteiger partial charge in [0.1, 0.15) is 23.0 Å². The summed E-state index contributed by atoms with van der Waals surface area (Å²) in [5, 5.41) is 4.03. The van der Waals surface area contributed by atoms with Crippen molar-refractivity contribution in [1.82, 2.24) is 5.32 Å². The Bertz CT molecular complexity index is 734. The molecule has 110 valence electrons. The van der Waals surface area contributed by atoms with Crippen LogP contribution in [0.3, 0.4) is 0 Å². The first-order valence-corrected chi connectivity index (χ1v) is 7.84. The Balaban J connectivity index is 1.94. The number of halogens is 1. The van der Waals surface area contributed by atoms with Gasteiger partial charge in [0.2, 0.25) is 0 Å². The number of fused-ring (bicyclic) bond motifs is 1. The summed E-state index contributed by atoms with van der Waals surface area (Å²) in [5.74, 6) is 0.377. The van der Waals surface area contributed by atoms with E-state index in [0.29, 0.717) is 16.7 Å². The number of carbonyl (C=O) groups excluding carboxylic acids is 1. The highest BCUT2D eigenvalue weighted by Crippen LogP contribution is 2.22. The highest BCUT2D eigenvalue weighted by Gasteiger charge is 2.17. The predicted octanol–water partition coefficient (Wildman–Crippen LogP) is 2.11. The van der Waals surface area contributed by atoms with E-state index in [4.69, 9.17) is 9.15 Å². The first-order chi connectivity index (χ1) is 10.2. The van der Waals surface area contributed by atoms with Gasteiger partial charge in [-0.2, -0.15) is 0 Å². The zero-order chi connectivity index (χ0) is 14.8. The van der Waals surface area contributed by atoms with Crippen molar-refractivity contribution in [3.8, 4) is 5.75 Å². The van der Waals surface area contributed by atoms with Crippen LogP contribution in [0.15, 0.2) is 33.5 Å². The van der Waals surface area contributed by atoms with E-state index >= 15 is 0 Å². The second kappa shape index (κ2) is 5.99. The number of ether oxygens (including phenoxy) is 1. The Kier molecular flexibility index (Phi) is 4.07. The van der Waals surface area contributed by atoms with E-state index in [1.807, 2.05) is 6.07 Å². The van der Waals surface area contributed by atoms with Gasteiger partial charge in [-0.25, -0.2) is 4.79 Å². The third-order valence-corrected chi connectivity index (χ3v) is 3.96. The van der Waals surface area contributed by atoms with Crippen LogP contribution in [0.1, 0.15) is 16.8 Å². The minimum Gasteiger partial charge on any atom is -0.489 e. The van der Waals surface area contributed by atoms with E-state index in [2.05, 4.69) is 21.2 Å². The zero-order valence-corrected chi connectivity index (χ0v) is 12.8. The summed E-state index contributed by atoms with van der Waals surface area (Å²) >= 11 is 3.05. The van der Waals surface area contributed by atoms with Gasteiger partial charge in [0.05, 0.1) is 5.33 Å². The van der Waals surface area contributed by atoms with Crippen molar-refractivity contribution in [2.45, 2.75) is 12.5 Å². The van der Waals surface area contributed by atoms with Gasteiger partial charge in [0, 0.05) is 18.0 Å². The smallest absolute Gasteiger partial charge is 0.347 e. The molecule has 1 aliphatic rings. The quantitative estimate of drug-likeness (QED) is 0.519. The van der Waals surface area contributed by atoms with Crippen molar-refractivity contribution >= 4 is 32.7 Å². The molecule has 5 nitrogen and oxygen atoms in total. The molecule has 1 saturated heterocycles. The SMILES string of the molecule is O=C(CBr)c1cc2ccc(OC3CCNC3)cc2oc1=O. The molecular formula is C15H14BrNO4. The van der Waals surface area contributed by atoms with Crippen LogP contribution in [-0.4, -0.2) is 30.3 Å². The fourth-order valence-electron chi connectivity index (χ4n) is 2.35. The minimum absolute atomic E-state index is 0.0630. The van der Waals surface area contributed by atoms with E-state index in [1.54, 1.807) is 18.2 Å². The lowest BCUT2D eigenvalue weighted by atomic mass is 10.1. The molecule has 1 aliphatic heterocycles. The summed E-state index contributed by atoms with van der Waals surface area (Å²) < 4.78 is 11.1. The van der Waals surface area contributed by atoms with Crippen LogP contribution in [0.4, 0.5) is 0 Å². The lowest BCUT2D eigenvalue weighted by Gasteiger charge is -2.12. The predicted molar refractivity (Wildman–Crippen MR) is 82.5 cm³/mol. The number of rotatable bonds is 4. The van der Waals surface area contributed by atoms with Crippen molar-refractivity contribution in [2.24, 2.45) is 0 Å². The van der Waals surface area contributed by atoms with E-state index in [0.717, 1.165) is 19.5 Å². The van der Waals surface area contributed by atoms with Crippen molar-refractivity contribution in [3.05, 3.63) is 40.2 Å². The fraction of sp³-hybridized carbons (Fsp3) is 0.333. The van der Waals surface area contributed by atoms with Crippen LogP contribution in [0.25, 0.3) is 11.0 Å². The van der Waals surface area contributed by atoms with Crippen LogP contribution < -0.4 is 15.7 Å². The topological polar surface area (TPSA) is 68.5 Å². The summed E-state index contributed by atoms with van der Waals surface area (Å²) in [6, 6.07) is 6.87. The molecule has 6 heteroatoms. The fourth-order valence-corrected chi connectivity index (χ4v) is 2.65. The number of Topliss-reactive ketones (excluding diaryl/α,β-unsaturated/α-hetero) is 1. The molecule has 0 bridgehead atoms. The molecule has 3 rings (SSSR count). The number of alkyl halides is 1. The van der Waals surface area contributed by atoms with Crippen LogP contribution in [0.2, 0.25) is 0 Å². The molecule has 1 N–H and O–H groups in total. The summed E-state index contributed by atoms with van der Waals surface area (Å²) in [5.41, 5.74) is -0.130. The molecule has 0 aliphatic carbocycles. The highest BCUT2D eigenvalue weighted by molar-refractivity contribution is 9.09. The Labute approximate surface area is 129 Å². The van der Waals surface area contributed by atoms with Gasteiger partial charge in [-0.05, 0) is 31.2 Å². The normalized spacial score (nSPS) is 18.0. The molecule has 0 spiro atoms. The van der Waals surface area contributed by atoms with Crippen molar-refractivity contribution < 1.29 is 13.9 Å². The van der Waals surface area contributed by atoms with Gasteiger partial charge in [-0.3, -0.25) is 4.79 Å². The third kappa shape index (κ3) is 3.01. The molecule has 21 heavy (non-hydrogen) atoms. The average molecular weight is 352 g/mol. The standard InChI is InChI=1S/C15H14BrNO4/c16-7-13(18)12-5-9-1-2-10(6-14(9)21-15(12)19)20-11-3-4-17-8-11/h1-2,5-6,11,17H,3-4,7-8H2. The van der Waals surface area contributed by atoms with E-state index in [-0.39, 0.29) is 22.8 Å². The monoisotopic (exact) mass is 351 g/mol. The number of nitrogens with one attached hydrogen (secondary N) is 1. The first kappa shape index (κ1) is 14.3. The summed E-state index contributed by atoms with van der Waals surface area (Å²) in [6.45, 7) is 1.77. The largest absolute Gasteiger partial charge is 0.489 e. The molecule has 2 aromatic rings. The minimum atomic E-state index is -0.619. The molecule has 2 heterocycles. The van der Waals surface area contributed by atoms with Gasteiger partial charge in [-0.1, -0.05) is 15.9 Å². The van der Waals surface area contributed by atoms with Gasteiger partial charge in [0.15, 0.2) is 5.78 Å². The van der Waals surface area contributed by atoms with Gasteiger partial charge in [0.25, 0.3) is 0 Å². The zero-order valence-electron chi connectivity index (χ0n) is 11.2. The van der Waals surface area contributed by atoms with Crippen LogP contribution >= 0.6 is 15.9 Å². The maximum Gasteiger partial charge on any atom is 0.347 e. The molecule has 1 fully saturated rings. The van der Waals surface area contributed by atoms with Crippen LogP contribution in [0.5, 0.6) is 5.75 Å². The molecule has 1 aromatic heterocycles. The number of hydrogen-bond acceptors (Lipinski definition) is 5. The maximum absolute atomic E-state index is 11.8. The molecule has 0 radical (unpaired) electrons. The number of ketones is 1. The lowest BCUT2D eigenvalue weighted by Crippen LogP contribution is -2.19. The summed E-state index contributed by atoms with van der Waals surface area (Å²) in [6.07, 6.45) is 1.10. The molecule has 1 aromatic carbocycles. The Morgan fingerprint density at radius 3 is 3.00 bits per heavy atom. The summed E-state index contributed by atoms with van der Waals surface area (Å²) in [7, 11) is 0.